The second kappa shape index (κ2) is 11.3. The van der Waals surface area contributed by atoms with E-state index in [0.29, 0.717) is 18.6 Å². The lowest BCUT2D eigenvalue weighted by Gasteiger charge is -2.43. The molecule has 0 aromatic heterocycles. The summed E-state index contributed by atoms with van der Waals surface area (Å²) in [7, 11) is -2.75. The second-order valence-corrected chi connectivity index (χ2v) is 17.9. The van der Waals surface area contributed by atoms with Crippen LogP contribution in [-0.2, 0) is 23.4 Å². The zero-order valence-corrected chi connectivity index (χ0v) is 26.6. The Hall–Kier alpha value is -1.88. The van der Waals surface area contributed by atoms with Crippen molar-refractivity contribution in [3.05, 3.63) is 72.8 Å². The van der Waals surface area contributed by atoms with Crippen LogP contribution >= 0.6 is 0 Å². The maximum Gasteiger partial charge on any atom is 0.261 e. The number of hydrogen-bond donors (Lipinski definition) is 2. The van der Waals surface area contributed by atoms with Crippen LogP contribution in [0.2, 0.25) is 5.04 Å². The molecule has 3 aliphatic rings. The predicted octanol–water partition coefficient (Wildman–Crippen LogP) is 3.88. The first-order valence-electron chi connectivity index (χ1n) is 14.8. The van der Waals surface area contributed by atoms with Crippen molar-refractivity contribution in [3.63, 3.8) is 0 Å². The maximum atomic E-state index is 11.4. The van der Waals surface area contributed by atoms with E-state index in [9.17, 15) is 5.11 Å². The molecule has 3 fully saturated rings. The molecule has 3 heterocycles. The van der Waals surface area contributed by atoms with Crippen LogP contribution in [0, 0.1) is 0 Å². The fourth-order valence-electron chi connectivity index (χ4n) is 6.72. The van der Waals surface area contributed by atoms with Gasteiger partial charge in [-0.1, -0.05) is 88.0 Å². The number of ether oxygens (including phenoxy) is 4. The molecule has 224 valence electrons. The van der Waals surface area contributed by atoms with Crippen LogP contribution in [-0.4, -0.2) is 74.7 Å². The molecule has 5 rings (SSSR count). The summed E-state index contributed by atoms with van der Waals surface area (Å²) in [5, 5.41) is 17.3. The summed E-state index contributed by atoms with van der Waals surface area (Å²) in [4.78, 5) is 0. The monoisotopic (exact) mass is 581 g/mol. The summed E-state index contributed by atoms with van der Waals surface area (Å²) in [5.41, 5.74) is 0.652. The molecule has 2 N–H and O–H groups in total. The molecule has 6 atom stereocenters. The lowest BCUT2D eigenvalue weighted by Crippen LogP contribution is -2.66. The van der Waals surface area contributed by atoms with Crippen LogP contribution in [0.15, 0.2) is 72.8 Å². The van der Waals surface area contributed by atoms with E-state index in [4.69, 9.17) is 23.4 Å². The first kappa shape index (κ1) is 30.6. The van der Waals surface area contributed by atoms with Gasteiger partial charge in [0.2, 0.25) is 0 Å². The van der Waals surface area contributed by atoms with Gasteiger partial charge in [-0.25, -0.2) is 0 Å². The number of benzene rings is 2. The lowest BCUT2D eigenvalue weighted by atomic mass is 9.99. The highest BCUT2D eigenvalue weighted by molar-refractivity contribution is 6.99. The third kappa shape index (κ3) is 6.12. The molecule has 0 spiro atoms. The second-order valence-electron chi connectivity index (χ2n) is 13.6. The predicted molar refractivity (Wildman–Crippen MR) is 163 cm³/mol. The van der Waals surface area contributed by atoms with Crippen molar-refractivity contribution in [3.8, 4) is 0 Å². The topological polar surface area (TPSA) is 78.4 Å². The van der Waals surface area contributed by atoms with Gasteiger partial charge in [0.05, 0.1) is 25.4 Å². The SMILES string of the molecule is C=C(CO[Si](c1ccccc1)(c1ccccc1)C(C)(C)C)C(O)CC1N[C@H](C2COC(C)(C)O2)[C@@H]2OC(C)(C)OC12. The standard InChI is InChI=1S/C33H47NO6Si/c1-22(20-37-41(31(2,3)4,23-15-11-9-12-16-23)24-17-13-10-14-18-24)26(35)19-25-29-30(40-33(7,8)39-29)28(34-25)27-21-36-32(5,6)38-27/h9-18,25-30,34-35H,1,19-21H2,2-8H3/t25?,26?,27?,28-,29?,30+/m1/s1. The smallest absolute Gasteiger partial charge is 0.261 e. The number of rotatable bonds is 9. The molecular formula is C33H47NO6Si. The largest absolute Gasteiger partial charge is 0.403 e. The number of hydrogen-bond acceptors (Lipinski definition) is 7. The summed E-state index contributed by atoms with van der Waals surface area (Å²) in [5.74, 6) is -1.35. The van der Waals surface area contributed by atoms with E-state index in [0.717, 1.165) is 0 Å². The van der Waals surface area contributed by atoms with E-state index in [1.165, 1.54) is 10.4 Å². The lowest BCUT2D eigenvalue weighted by molar-refractivity contribution is -0.168. The first-order chi connectivity index (χ1) is 19.2. The van der Waals surface area contributed by atoms with Gasteiger partial charge >= 0.3 is 0 Å². The van der Waals surface area contributed by atoms with E-state index in [2.05, 4.69) is 81.2 Å². The van der Waals surface area contributed by atoms with Gasteiger partial charge < -0.3 is 33.8 Å². The van der Waals surface area contributed by atoms with Crippen molar-refractivity contribution < 1.29 is 28.5 Å². The summed E-state index contributed by atoms with van der Waals surface area (Å²) in [6.45, 7) is 19.5. The van der Waals surface area contributed by atoms with E-state index < -0.39 is 26.0 Å². The molecule has 4 unspecified atom stereocenters. The highest BCUT2D eigenvalue weighted by Crippen LogP contribution is 2.41. The number of aliphatic hydroxyl groups is 1. The highest BCUT2D eigenvalue weighted by Gasteiger charge is 2.58. The average Bonchev–Trinajstić information content (AvgIpc) is 3.54. The third-order valence-corrected chi connectivity index (χ3v) is 13.6. The van der Waals surface area contributed by atoms with E-state index in [1.54, 1.807) is 0 Å². The van der Waals surface area contributed by atoms with Gasteiger partial charge in [0.15, 0.2) is 11.6 Å². The van der Waals surface area contributed by atoms with Crippen LogP contribution in [0.5, 0.6) is 0 Å². The van der Waals surface area contributed by atoms with Gasteiger partial charge in [-0.15, -0.1) is 0 Å². The van der Waals surface area contributed by atoms with Crippen LogP contribution in [0.25, 0.3) is 0 Å². The fraction of sp³-hybridized carbons (Fsp3) is 0.576. The van der Waals surface area contributed by atoms with Gasteiger partial charge in [0.1, 0.15) is 18.3 Å². The average molecular weight is 582 g/mol. The van der Waals surface area contributed by atoms with Gasteiger partial charge in [-0.2, -0.15) is 0 Å². The number of aliphatic hydroxyl groups excluding tert-OH is 1. The summed E-state index contributed by atoms with van der Waals surface area (Å²) < 4.78 is 31.7. The van der Waals surface area contributed by atoms with Crippen molar-refractivity contribution >= 4 is 18.7 Å². The van der Waals surface area contributed by atoms with Crippen LogP contribution in [0.4, 0.5) is 0 Å². The molecule has 0 aliphatic carbocycles. The molecule has 0 bridgehead atoms. The maximum absolute atomic E-state index is 11.4. The van der Waals surface area contributed by atoms with Crippen molar-refractivity contribution in [2.24, 2.45) is 0 Å². The molecule has 0 saturated carbocycles. The minimum atomic E-state index is -2.75. The minimum Gasteiger partial charge on any atom is -0.403 e. The van der Waals surface area contributed by atoms with Crippen LogP contribution in [0.1, 0.15) is 54.9 Å². The molecule has 41 heavy (non-hydrogen) atoms. The Labute approximate surface area is 246 Å². The Morgan fingerprint density at radius 1 is 0.951 bits per heavy atom. The summed E-state index contributed by atoms with van der Waals surface area (Å²) in [6.07, 6.45) is -0.945. The van der Waals surface area contributed by atoms with Gasteiger partial charge in [-0.05, 0) is 55.1 Å². The van der Waals surface area contributed by atoms with Crippen molar-refractivity contribution in [2.45, 2.75) is 108 Å². The normalized spacial score (nSPS) is 29.8. The van der Waals surface area contributed by atoms with Crippen molar-refractivity contribution in [1.82, 2.24) is 5.32 Å². The Balaban J connectivity index is 1.33. The van der Waals surface area contributed by atoms with Gasteiger partial charge in [0.25, 0.3) is 8.32 Å². The van der Waals surface area contributed by atoms with Crippen molar-refractivity contribution in [2.75, 3.05) is 13.2 Å². The van der Waals surface area contributed by atoms with E-state index in [-0.39, 0.29) is 42.0 Å². The fourth-order valence-corrected chi connectivity index (χ4v) is 11.3. The molecule has 3 aliphatic heterocycles. The Morgan fingerprint density at radius 3 is 2.02 bits per heavy atom. The molecule has 0 radical (unpaired) electrons. The van der Waals surface area contributed by atoms with Crippen LogP contribution in [0.3, 0.4) is 0 Å². The Bertz CT molecular complexity index is 1160. The first-order valence-corrected chi connectivity index (χ1v) is 16.7. The zero-order chi connectivity index (χ0) is 29.6. The Morgan fingerprint density at radius 2 is 1.51 bits per heavy atom. The molecule has 8 heteroatoms. The minimum absolute atomic E-state index is 0.109. The van der Waals surface area contributed by atoms with Gasteiger partial charge in [-0.3, -0.25) is 0 Å². The Kier molecular flexibility index (Phi) is 8.44. The molecule has 2 aromatic rings. The highest BCUT2D eigenvalue weighted by atomic mass is 28.4. The molecule has 7 nitrogen and oxygen atoms in total. The van der Waals surface area contributed by atoms with Crippen LogP contribution < -0.4 is 15.7 Å². The quantitative estimate of drug-likeness (QED) is 0.344. The van der Waals surface area contributed by atoms with Gasteiger partial charge in [0, 0.05) is 6.04 Å². The zero-order valence-electron chi connectivity index (χ0n) is 25.6. The summed E-state index contributed by atoms with van der Waals surface area (Å²) >= 11 is 0. The number of fused-ring (bicyclic) bond motifs is 1. The third-order valence-electron chi connectivity index (χ3n) is 8.59. The molecule has 3 saturated heterocycles. The van der Waals surface area contributed by atoms with E-state index >= 15 is 0 Å². The number of nitrogens with one attached hydrogen (secondary N) is 1. The molecule has 2 aromatic carbocycles. The van der Waals surface area contributed by atoms with E-state index in [1.807, 2.05) is 39.8 Å². The molecule has 0 amide bonds. The summed E-state index contributed by atoms with van der Waals surface area (Å²) in [6, 6.07) is 20.8. The van der Waals surface area contributed by atoms with Crippen molar-refractivity contribution in [1.29, 1.82) is 0 Å². The molecular weight excluding hydrogens is 534 g/mol.